The molecule has 3 unspecified atom stereocenters. The van der Waals surface area contributed by atoms with Gasteiger partial charge in [-0.05, 0) is 81.3 Å². The average molecular weight is 723 g/mol. The molecule has 2 fully saturated rings. The number of ketones is 1. The molecule has 1 saturated heterocycles. The first-order valence-corrected chi connectivity index (χ1v) is 18.6. The van der Waals surface area contributed by atoms with Crippen molar-refractivity contribution in [3.05, 3.63) is 18.2 Å². The number of amides is 3. The molecule has 0 radical (unpaired) electrons. The Kier molecular flexibility index (Phi) is 13.0. The molecule has 10 nitrogen and oxygen atoms in total. The Bertz CT molecular complexity index is 1410. The largest absolute Gasteiger partial charge is 0.573 e. The molecular weight excluding hydrogens is 665 g/mol. The number of fused-ring (bicyclic) bond motifs is 1. The van der Waals surface area contributed by atoms with Gasteiger partial charge in [-0.1, -0.05) is 67.2 Å². The standard InChI is InChI=1S/C38H57F3N4O6/c1-8-24-18-20-45(31(24)32(46)23(2)3)34(48)30(22-36(4,5)6)44-35(49)51-37(7)19-12-14-25(37)13-10-9-11-15-28-33(47)43-29-21-26(50-38(39,40)41)16-17-27(29)42-28/h16-17,21,23-25,28,30-31,42H,8-15,18-20,22H2,1-7H3,(H,43,47)(H,44,49)/t24-,25-,28?,30?,31+,37?/m1/s1. The highest BCUT2D eigenvalue weighted by Gasteiger charge is 2.46. The molecule has 13 heteroatoms. The first kappa shape index (κ1) is 40.3. The summed E-state index contributed by atoms with van der Waals surface area (Å²) in [7, 11) is 0. The van der Waals surface area contributed by atoms with E-state index < -0.39 is 41.9 Å². The van der Waals surface area contributed by atoms with E-state index in [9.17, 15) is 32.3 Å². The van der Waals surface area contributed by atoms with Gasteiger partial charge in [0, 0.05) is 18.5 Å². The number of alkyl carbamates (subject to hydrolysis) is 1. The van der Waals surface area contributed by atoms with E-state index >= 15 is 0 Å². The molecule has 0 aromatic heterocycles. The summed E-state index contributed by atoms with van der Waals surface area (Å²) in [5.41, 5.74) is -0.170. The van der Waals surface area contributed by atoms with Crippen LogP contribution >= 0.6 is 0 Å². The Hall–Kier alpha value is -3.51. The van der Waals surface area contributed by atoms with Gasteiger partial charge in [-0.3, -0.25) is 14.4 Å². The van der Waals surface area contributed by atoms with Crippen LogP contribution in [0.1, 0.15) is 119 Å². The van der Waals surface area contributed by atoms with E-state index in [-0.39, 0.29) is 46.5 Å². The highest BCUT2D eigenvalue weighted by Crippen LogP contribution is 2.42. The number of Topliss-reactive ketones (excluding diaryl/α,β-unsaturated/α-hetero) is 1. The van der Waals surface area contributed by atoms with Gasteiger partial charge in [-0.25, -0.2) is 4.79 Å². The van der Waals surface area contributed by atoms with Crippen molar-refractivity contribution < 1.29 is 41.8 Å². The van der Waals surface area contributed by atoms with Crippen LogP contribution in [0.5, 0.6) is 5.75 Å². The van der Waals surface area contributed by atoms with Crippen molar-refractivity contribution in [1.82, 2.24) is 10.2 Å². The number of carbonyl (C=O) groups is 4. The second-order valence-electron chi connectivity index (χ2n) is 16.3. The summed E-state index contributed by atoms with van der Waals surface area (Å²) >= 11 is 0. The monoisotopic (exact) mass is 722 g/mol. The number of rotatable bonds is 14. The first-order valence-electron chi connectivity index (χ1n) is 18.6. The fraction of sp³-hybridized carbons (Fsp3) is 0.737. The summed E-state index contributed by atoms with van der Waals surface area (Å²) in [6.07, 6.45) is 2.98. The van der Waals surface area contributed by atoms with Gasteiger partial charge in [0.2, 0.25) is 11.8 Å². The van der Waals surface area contributed by atoms with Gasteiger partial charge in [0.25, 0.3) is 0 Å². The van der Waals surface area contributed by atoms with E-state index in [2.05, 4.69) is 20.7 Å². The molecule has 6 atom stereocenters. The smallest absolute Gasteiger partial charge is 0.443 e. The van der Waals surface area contributed by atoms with E-state index in [1.807, 2.05) is 48.5 Å². The molecule has 1 aliphatic carbocycles. The fourth-order valence-electron chi connectivity index (χ4n) is 7.99. The average Bonchev–Trinajstić information content (AvgIpc) is 3.61. The SMILES string of the molecule is CC[C@@H]1CCN(C(=O)C(CC(C)(C)C)NC(=O)OC2(C)CCC[C@H]2CCCCCC2Nc3ccc(OC(F)(F)F)cc3NC2=O)[C@@H]1C(=O)C(C)C. The number of ether oxygens (including phenoxy) is 2. The van der Waals surface area contributed by atoms with Crippen molar-refractivity contribution in [3.8, 4) is 5.75 Å². The van der Waals surface area contributed by atoms with Crippen molar-refractivity contribution in [2.45, 2.75) is 149 Å². The Morgan fingerprint density at radius 3 is 2.41 bits per heavy atom. The van der Waals surface area contributed by atoms with E-state index in [0.29, 0.717) is 25.1 Å². The van der Waals surface area contributed by atoms with Gasteiger partial charge in [0.15, 0.2) is 5.78 Å². The van der Waals surface area contributed by atoms with Crippen LogP contribution in [0, 0.1) is 23.2 Å². The minimum Gasteiger partial charge on any atom is -0.443 e. The Morgan fingerprint density at radius 1 is 1.06 bits per heavy atom. The number of alkyl halides is 3. The summed E-state index contributed by atoms with van der Waals surface area (Å²) in [6.45, 7) is 14.3. The molecule has 2 aliphatic heterocycles. The molecule has 2 heterocycles. The van der Waals surface area contributed by atoms with Crippen LogP contribution in [0.15, 0.2) is 18.2 Å². The molecule has 51 heavy (non-hydrogen) atoms. The molecule has 3 aliphatic rings. The molecule has 1 aromatic rings. The van der Waals surface area contributed by atoms with E-state index in [1.54, 1.807) is 4.90 Å². The zero-order valence-corrected chi connectivity index (χ0v) is 31.2. The molecule has 3 N–H and O–H groups in total. The van der Waals surface area contributed by atoms with Gasteiger partial charge in [-0.2, -0.15) is 0 Å². The Balaban J connectivity index is 1.29. The number of carbonyl (C=O) groups excluding carboxylic acids is 4. The zero-order chi connectivity index (χ0) is 37.7. The van der Waals surface area contributed by atoms with Crippen LogP contribution < -0.4 is 20.7 Å². The number of unbranched alkanes of at least 4 members (excludes halogenated alkanes) is 2. The maximum absolute atomic E-state index is 14.0. The fourth-order valence-corrected chi connectivity index (χ4v) is 7.99. The lowest BCUT2D eigenvalue weighted by atomic mass is 9.86. The van der Waals surface area contributed by atoms with Gasteiger partial charge in [0.1, 0.15) is 23.4 Å². The van der Waals surface area contributed by atoms with Crippen LogP contribution in [-0.2, 0) is 19.1 Å². The van der Waals surface area contributed by atoms with Crippen LogP contribution in [0.2, 0.25) is 0 Å². The van der Waals surface area contributed by atoms with Gasteiger partial charge in [-0.15, -0.1) is 13.2 Å². The summed E-state index contributed by atoms with van der Waals surface area (Å²) in [5, 5.41) is 8.71. The van der Waals surface area contributed by atoms with Crippen molar-refractivity contribution in [1.29, 1.82) is 0 Å². The summed E-state index contributed by atoms with van der Waals surface area (Å²) in [4.78, 5) is 55.1. The Morgan fingerprint density at radius 2 is 1.76 bits per heavy atom. The topological polar surface area (TPSA) is 126 Å². The number of hydrogen-bond acceptors (Lipinski definition) is 7. The molecule has 4 rings (SSSR count). The van der Waals surface area contributed by atoms with Gasteiger partial charge in [0.05, 0.1) is 17.4 Å². The van der Waals surface area contributed by atoms with Gasteiger partial charge < -0.3 is 30.3 Å². The third-order valence-electron chi connectivity index (χ3n) is 10.7. The number of likely N-dealkylation sites (tertiary alicyclic amines) is 1. The van der Waals surface area contributed by atoms with Crippen LogP contribution in [0.4, 0.5) is 29.3 Å². The normalized spacial score (nSPS) is 25.5. The predicted octanol–water partition coefficient (Wildman–Crippen LogP) is 8.21. The number of halogens is 3. The molecule has 1 saturated carbocycles. The summed E-state index contributed by atoms with van der Waals surface area (Å²) < 4.78 is 47.8. The molecule has 3 amide bonds. The maximum Gasteiger partial charge on any atom is 0.573 e. The highest BCUT2D eigenvalue weighted by atomic mass is 19.4. The van der Waals surface area contributed by atoms with E-state index in [4.69, 9.17) is 4.74 Å². The number of nitrogens with zero attached hydrogens (tertiary/aromatic N) is 1. The van der Waals surface area contributed by atoms with E-state index in [0.717, 1.165) is 63.9 Å². The first-order chi connectivity index (χ1) is 23.8. The number of anilines is 2. The van der Waals surface area contributed by atoms with Crippen molar-refractivity contribution in [3.63, 3.8) is 0 Å². The van der Waals surface area contributed by atoms with E-state index in [1.165, 1.54) is 12.1 Å². The minimum absolute atomic E-state index is 0.0617. The number of hydrogen-bond donors (Lipinski definition) is 3. The molecule has 286 valence electrons. The van der Waals surface area contributed by atoms with Crippen LogP contribution in [0.25, 0.3) is 0 Å². The van der Waals surface area contributed by atoms with Crippen LogP contribution in [0.3, 0.4) is 0 Å². The lowest BCUT2D eigenvalue weighted by Crippen LogP contribution is -2.55. The quantitative estimate of drug-likeness (QED) is 0.165. The number of benzene rings is 1. The predicted molar refractivity (Wildman–Crippen MR) is 189 cm³/mol. The third kappa shape index (κ3) is 10.8. The number of nitrogens with one attached hydrogen (secondary N) is 3. The summed E-state index contributed by atoms with van der Waals surface area (Å²) in [5.74, 6) is -0.820. The van der Waals surface area contributed by atoms with Crippen molar-refractivity contribution >= 4 is 35.1 Å². The highest BCUT2D eigenvalue weighted by molar-refractivity contribution is 6.03. The van der Waals surface area contributed by atoms with Crippen molar-refractivity contribution in [2.24, 2.45) is 23.2 Å². The van der Waals surface area contributed by atoms with Crippen LogP contribution in [-0.4, -0.2) is 65.2 Å². The maximum atomic E-state index is 14.0. The second kappa shape index (κ2) is 16.4. The lowest BCUT2D eigenvalue weighted by molar-refractivity contribution is -0.274. The minimum atomic E-state index is -4.82. The lowest BCUT2D eigenvalue weighted by Gasteiger charge is -2.35. The molecule has 0 spiro atoms. The zero-order valence-electron chi connectivity index (χ0n) is 31.2. The molecule has 0 bridgehead atoms. The summed E-state index contributed by atoms with van der Waals surface area (Å²) in [6, 6.07) is 2.01. The molecule has 1 aromatic carbocycles. The Labute approximate surface area is 300 Å². The van der Waals surface area contributed by atoms with Gasteiger partial charge >= 0.3 is 12.5 Å². The second-order valence-corrected chi connectivity index (χ2v) is 16.3. The van der Waals surface area contributed by atoms with Crippen molar-refractivity contribution in [2.75, 3.05) is 17.2 Å². The third-order valence-corrected chi connectivity index (χ3v) is 10.7. The molecular formula is C38H57F3N4O6.